The molecule has 0 unspecified atom stereocenters. The Morgan fingerprint density at radius 2 is 1.69 bits per heavy atom. The summed E-state index contributed by atoms with van der Waals surface area (Å²) in [6.07, 6.45) is 7.63. The molecule has 0 bridgehead atoms. The van der Waals surface area contributed by atoms with Crippen LogP contribution in [-0.2, 0) is 6.42 Å². The van der Waals surface area contributed by atoms with E-state index in [1.807, 2.05) is 0 Å². The second-order valence-electron chi connectivity index (χ2n) is 5.27. The first-order chi connectivity index (χ1) is 7.68. The standard InChI is InChI=1S/C15H22O/c1-13-5-7-14(8-6-13)9-12-15(16)10-3-2-4-11-15/h5-8,16H,2-4,9-12H2,1H3. The molecule has 88 valence electrons. The van der Waals surface area contributed by atoms with Crippen molar-refractivity contribution in [2.24, 2.45) is 0 Å². The molecular formula is C15H22O. The van der Waals surface area contributed by atoms with Gasteiger partial charge in [0.2, 0.25) is 0 Å². The van der Waals surface area contributed by atoms with Gasteiger partial charge in [-0.2, -0.15) is 0 Å². The van der Waals surface area contributed by atoms with E-state index in [1.54, 1.807) is 0 Å². The quantitative estimate of drug-likeness (QED) is 0.821. The Labute approximate surface area is 98.5 Å². The van der Waals surface area contributed by atoms with Crippen LogP contribution in [0.2, 0.25) is 0 Å². The predicted molar refractivity (Wildman–Crippen MR) is 67.5 cm³/mol. The SMILES string of the molecule is Cc1ccc(CCC2(O)CCCCC2)cc1. The first-order valence-corrected chi connectivity index (χ1v) is 6.46. The monoisotopic (exact) mass is 218 g/mol. The third-order valence-electron chi connectivity index (χ3n) is 3.78. The zero-order valence-electron chi connectivity index (χ0n) is 10.2. The van der Waals surface area contributed by atoms with E-state index in [0.717, 1.165) is 25.7 Å². The first kappa shape index (κ1) is 11.7. The average molecular weight is 218 g/mol. The number of aryl methyl sites for hydroxylation is 2. The van der Waals surface area contributed by atoms with E-state index in [2.05, 4.69) is 31.2 Å². The van der Waals surface area contributed by atoms with Gasteiger partial charge in [0.1, 0.15) is 0 Å². The zero-order valence-corrected chi connectivity index (χ0v) is 10.2. The summed E-state index contributed by atoms with van der Waals surface area (Å²) < 4.78 is 0. The van der Waals surface area contributed by atoms with Crippen LogP contribution in [-0.4, -0.2) is 10.7 Å². The van der Waals surface area contributed by atoms with Crippen molar-refractivity contribution in [1.29, 1.82) is 0 Å². The van der Waals surface area contributed by atoms with Gasteiger partial charge in [0, 0.05) is 0 Å². The van der Waals surface area contributed by atoms with Crippen LogP contribution in [0.5, 0.6) is 0 Å². The van der Waals surface area contributed by atoms with E-state index in [-0.39, 0.29) is 5.60 Å². The van der Waals surface area contributed by atoms with Crippen molar-refractivity contribution in [3.05, 3.63) is 35.4 Å². The van der Waals surface area contributed by atoms with Gasteiger partial charge >= 0.3 is 0 Å². The molecule has 0 aliphatic heterocycles. The van der Waals surface area contributed by atoms with Crippen molar-refractivity contribution >= 4 is 0 Å². The molecule has 1 aromatic rings. The molecule has 1 aliphatic carbocycles. The van der Waals surface area contributed by atoms with Crippen molar-refractivity contribution in [3.63, 3.8) is 0 Å². The normalized spacial score (nSPS) is 19.6. The summed E-state index contributed by atoms with van der Waals surface area (Å²) in [5, 5.41) is 10.4. The second kappa shape index (κ2) is 5.01. The van der Waals surface area contributed by atoms with Crippen molar-refractivity contribution in [2.45, 2.75) is 57.5 Å². The molecule has 0 heterocycles. The highest BCUT2D eigenvalue weighted by Crippen LogP contribution is 2.31. The lowest BCUT2D eigenvalue weighted by Gasteiger charge is -2.32. The number of aliphatic hydroxyl groups is 1. The molecular weight excluding hydrogens is 196 g/mol. The molecule has 0 radical (unpaired) electrons. The number of hydrogen-bond acceptors (Lipinski definition) is 1. The van der Waals surface area contributed by atoms with Gasteiger partial charge in [-0.15, -0.1) is 0 Å². The van der Waals surface area contributed by atoms with Crippen LogP contribution in [0.25, 0.3) is 0 Å². The van der Waals surface area contributed by atoms with E-state index in [4.69, 9.17) is 0 Å². The van der Waals surface area contributed by atoms with Gasteiger partial charge in [0.15, 0.2) is 0 Å². The minimum atomic E-state index is -0.372. The van der Waals surface area contributed by atoms with Crippen LogP contribution < -0.4 is 0 Å². The van der Waals surface area contributed by atoms with Gasteiger partial charge in [-0.25, -0.2) is 0 Å². The fraction of sp³-hybridized carbons (Fsp3) is 0.600. The molecule has 0 saturated heterocycles. The van der Waals surface area contributed by atoms with Crippen molar-refractivity contribution in [2.75, 3.05) is 0 Å². The van der Waals surface area contributed by atoms with Gasteiger partial charge in [-0.05, 0) is 38.2 Å². The van der Waals surface area contributed by atoms with Crippen LogP contribution in [0.3, 0.4) is 0 Å². The zero-order chi connectivity index (χ0) is 11.4. The predicted octanol–water partition coefficient (Wildman–Crippen LogP) is 3.62. The first-order valence-electron chi connectivity index (χ1n) is 6.46. The van der Waals surface area contributed by atoms with Crippen LogP contribution in [0.1, 0.15) is 49.7 Å². The number of hydrogen-bond donors (Lipinski definition) is 1. The molecule has 16 heavy (non-hydrogen) atoms. The smallest absolute Gasteiger partial charge is 0.0651 e. The van der Waals surface area contributed by atoms with E-state index >= 15 is 0 Å². The Bertz CT molecular complexity index is 320. The van der Waals surface area contributed by atoms with Crippen LogP contribution >= 0.6 is 0 Å². The van der Waals surface area contributed by atoms with E-state index in [9.17, 15) is 5.11 Å². The van der Waals surface area contributed by atoms with Gasteiger partial charge in [0.05, 0.1) is 5.60 Å². The maximum absolute atomic E-state index is 10.4. The lowest BCUT2D eigenvalue weighted by atomic mass is 9.81. The Kier molecular flexibility index (Phi) is 3.65. The lowest BCUT2D eigenvalue weighted by Crippen LogP contribution is -2.31. The Hall–Kier alpha value is -0.820. The minimum absolute atomic E-state index is 0.372. The van der Waals surface area contributed by atoms with E-state index < -0.39 is 0 Å². The summed E-state index contributed by atoms with van der Waals surface area (Å²) >= 11 is 0. The summed E-state index contributed by atoms with van der Waals surface area (Å²) in [5.41, 5.74) is 2.29. The third kappa shape index (κ3) is 3.08. The molecule has 1 heteroatoms. The topological polar surface area (TPSA) is 20.2 Å². The molecule has 0 aromatic heterocycles. The molecule has 1 aromatic carbocycles. The summed E-state index contributed by atoms with van der Waals surface area (Å²) in [7, 11) is 0. The van der Waals surface area contributed by atoms with Gasteiger partial charge in [-0.3, -0.25) is 0 Å². The maximum Gasteiger partial charge on any atom is 0.0651 e. The molecule has 0 amide bonds. The highest BCUT2D eigenvalue weighted by Gasteiger charge is 2.28. The van der Waals surface area contributed by atoms with Crippen molar-refractivity contribution in [1.82, 2.24) is 0 Å². The number of rotatable bonds is 3. The summed E-state index contributed by atoms with van der Waals surface area (Å²) in [5.74, 6) is 0. The van der Waals surface area contributed by atoms with Gasteiger partial charge in [0.25, 0.3) is 0 Å². The number of benzene rings is 1. The Morgan fingerprint density at radius 1 is 1.06 bits per heavy atom. The molecule has 0 atom stereocenters. The Balaban J connectivity index is 1.88. The fourth-order valence-corrected chi connectivity index (χ4v) is 2.59. The third-order valence-corrected chi connectivity index (χ3v) is 3.78. The minimum Gasteiger partial charge on any atom is -0.390 e. The van der Waals surface area contributed by atoms with Crippen LogP contribution in [0, 0.1) is 6.92 Å². The molecule has 1 nitrogen and oxygen atoms in total. The van der Waals surface area contributed by atoms with Crippen molar-refractivity contribution < 1.29 is 5.11 Å². The maximum atomic E-state index is 10.4. The largest absolute Gasteiger partial charge is 0.390 e. The highest BCUT2D eigenvalue weighted by molar-refractivity contribution is 5.21. The molecule has 1 saturated carbocycles. The lowest BCUT2D eigenvalue weighted by molar-refractivity contribution is -0.00341. The van der Waals surface area contributed by atoms with Crippen molar-refractivity contribution in [3.8, 4) is 0 Å². The van der Waals surface area contributed by atoms with Gasteiger partial charge in [-0.1, -0.05) is 49.1 Å². The van der Waals surface area contributed by atoms with Crippen LogP contribution in [0.4, 0.5) is 0 Å². The summed E-state index contributed by atoms with van der Waals surface area (Å²) in [6, 6.07) is 8.67. The van der Waals surface area contributed by atoms with Gasteiger partial charge < -0.3 is 5.11 Å². The molecule has 2 rings (SSSR count). The van der Waals surface area contributed by atoms with Crippen LogP contribution in [0.15, 0.2) is 24.3 Å². The highest BCUT2D eigenvalue weighted by atomic mass is 16.3. The summed E-state index contributed by atoms with van der Waals surface area (Å²) in [6.45, 7) is 2.11. The molecule has 1 aliphatic rings. The summed E-state index contributed by atoms with van der Waals surface area (Å²) in [4.78, 5) is 0. The Morgan fingerprint density at radius 3 is 2.31 bits per heavy atom. The molecule has 0 spiro atoms. The fourth-order valence-electron chi connectivity index (χ4n) is 2.59. The average Bonchev–Trinajstić information content (AvgIpc) is 2.29. The second-order valence-corrected chi connectivity index (χ2v) is 5.27. The van der Waals surface area contributed by atoms with E-state index in [0.29, 0.717) is 0 Å². The van der Waals surface area contributed by atoms with E-state index in [1.165, 1.54) is 30.4 Å². The molecule has 1 fully saturated rings. The molecule has 1 N–H and O–H groups in total.